The van der Waals surface area contributed by atoms with E-state index in [1.54, 1.807) is 26.8 Å². The summed E-state index contributed by atoms with van der Waals surface area (Å²) in [4.78, 5) is 30.8. The van der Waals surface area contributed by atoms with Crippen LogP contribution < -0.4 is 0 Å². The second-order valence-corrected chi connectivity index (χ2v) is 13.1. The predicted octanol–water partition coefficient (Wildman–Crippen LogP) is 5.22. The van der Waals surface area contributed by atoms with E-state index in [0.717, 1.165) is 24.3 Å². The van der Waals surface area contributed by atoms with E-state index in [1.165, 1.54) is 11.3 Å². The summed E-state index contributed by atoms with van der Waals surface area (Å²) in [6.45, 7) is 14.9. The molecule has 2 aliphatic rings. The summed E-state index contributed by atoms with van der Waals surface area (Å²) in [6.07, 6.45) is 3.57. The molecule has 2 fully saturated rings. The maximum absolute atomic E-state index is 13.2. The van der Waals surface area contributed by atoms with Crippen LogP contribution in [0.1, 0.15) is 97.7 Å². The highest BCUT2D eigenvalue weighted by Crippen LogP contribution is 2.55. The molecule has 2 aliphatic heterocycles. The molecule has 2 N–H and O–H groups in total. The summed E-state index contributed by atoms with van der Waals surface area (Å²) < 4.78 is 11.7. The van der Waals surface area contributed by atoms with E-state index in [4.69, 9.17) is 9.47 Å². The van der Waals surface area contributed by atoms with E-state index in [-0.39, 0.29) is 18.1 Å². The number of nitrogens with zero attached hydrogens (tertiary/aromatic N) is 1. The van der Waals surface area contributed by atoms with Crippen LogP contribution in [0.5, 0.6) is 0 Å². The van der Waals surface area contributed by atoms with Gasteiger partial charge in [0.25, 0.3) is 0 Å². The number of rotatable bonds is 2. The van der Waals surface area contributed by atoms with Crippen LogP contribution in [-0.4, -0.2) is 50.0 Å². The molecular formula is C28H43NO6S. The van der Waals surface area contributed by atoms with Crippen molar-refractivity contribution in [3.05, 3.63) is 21.7 Å². The lowest BCUT2D eigenvalue weighted by Gasteiger charge is -2.37. The number of esters is 1. The molecular weight excluding hydrogens is 478 g/mol. The van der Waals surface area contributed by atoms with Crippen molar-refractivity contribution >= 4 is 29.2 Å². The zero-order chi connectivity index (χ0) is 27.1. The van der Waals surface area contributed by atoms with Gasteiger partial charge in [-0.2, -0.15) is 0 Å². The molecule has 202 valence electrons. The first-order valence-electron chi connectivity index (χ1n) is 13.0. The fourth-order valence-electron chi connectivity index (χ4n) is 5.54. The molecule has 1 aromatic heterocycles. The Morgan fingerprint density at radius 3 is 2.47 bits per heavy atom. The minimum atomic E-state index is -1.85. The van der Waals surface area contributed by atoms with Gasteiger partial charge in [0.1, 0.15) is 11.4 Å². The lowest BCUT2D eigenvalue weighted by molar-refractivity contribution is -0.187. The third kappa shape index (κ3) is 5.77. The standard InChI is InChI=1S/C28H43NO6S/c1-17-10-9-12-26(7)28(33,35-26)24(32)27(8,19(3)15-21-16-36-20(4)29-21)34-22(30)11-13-25(5,6)23(31)18(2)14-17/h15-18,24,32-33H,9-14H2,1-8H3. The molecule has 3 rings (SSSR count). The average molecular weight is 522 g/mol. The van der Waals surface area contributed by atoms with E-state index < -0.39 is 34.5 Å². The topological polar surface area (TPSA) is 109 Å². The molecule has 1 aromatic rings. The number of aromatic nitrogens is 1. The number of aliphatic hydroxyl groups is 2. The van der Waals surface area contributed by atoms with Crippen molar-refractivity contribution in [1.82, 2.24) is 4.98 Å². The second kappa shape index (κ2) is 10.3. The first-order valence-corrected chi connectivity index (χ1v) is 13.9. The Morgan fingerprint density at radius 2 is 1.86 bits per heavy atom. The first kappa shape index (κ1) is 29.0. The Labute approximate surface area is 219 Å². The molecule has 0 saturated carbocycles. The maximum Gasteiger partial charge on any atom is 0.306 e. The monoisotopic (exact) mass is 521 g/mol. The number of aryl methyl sites for hydroxylation is 1. The van der Waals surface area contributed by atoms with Crippen LogP contribution in [0.2, 0.25) is 0 Å². The molecule has 0 aliphatic carbocycles. The summed E-state index contributed by atoms with van der Waals surface area (Å²) in [5, 5.41) is 25.7. The van der Waals surface area contributed by atoms with Crippen molar-refractivity contribution in [2.75, 3.05) is 0 Å². The SMILES string of the molecule is CC(=Cc1csc(C)n1)C1(C)OC(=O)CCC(C)(C)C(=O)C(C)CC(C)CCCC2(C)OC2(O)C1O. The maximum atomic E-state index is 13.2. The number of hydrogen-bond donors (Lipinski definition) is 2. The van der Waals surface area contributed by atoms with Crippen LogP contribution >= 0.6 is 11.3 Å². The highest BCUT2D eigenvalue weighted by atomic mass is 32.1. The van der Waals surface area contributed by atoms with Crippen molar-refractivity contribution in [3.63, 3.8) is 0 Å². The van der Waals surface area contributed by atoms with Crippen molar-refractivity contribution in [1.29, 1.82) is 0 Å². The number of aliphatic hydroxyl groups excluding tert-OH is 1. The van der Waals surface area contributed by atoms with Crippen LogP contribution in [0.4, 0.5) is 0 Å². The van der Waals surface area contributed by atoms with Gasteiger partial charge in [-0.15, -0.1) is 11.3 Å². The van der Waals surface area contributed by atoms with Gasteiger partial charge in [0.05, 0.1) is 10.7 Å². The first-order chi connectivity index (χ1) is 16.5. The number of Topliss-reactive ketones (excluding diaryl/α,β-unsaturated/α-hetero) is 1. The number of cyclic esters (lactones) is 1. The van der Waals surface area contributed by atoms with Crippen LogP contribution in [0, 0.1) is 24.2 Å². The van der Waals surface area contributed by atoms with Crippen LogP contribution in [-0.2, 0) is 19.1 Å². The highest BCUT2D eigenvalue weighted by molar-refractivity contribution is 7.09. The average Bonchev–Trinajstić information content (AvgIpc) is 3.10. The molecule has 6 unspecified atom stereocenters. The van der Waals surface area contributed by atoms with Crippen molar-refractivity contribution in [2.45, 2.75) is 117 Å². The van der Waals surface area contributed by atoms with Crippen LogP contribution in [0.3, 0.4) is 0 Å². The largest absolute Gasteiger partial charge is 0.452 e. The summed E-state index contributed by atoms with van der Waals surface area (Å²) >= 11 is 1.50. The molecule has 0 aromatic carbocycles. The Balaban J connectivity index is 1.96. The minimum Gasteiger partial charge on any atom is -0.452 e. The summed E-state index contributed by atoms with van der Waals surface area (Å²) in [7, 11) is 0. The molecule has 7 nitrogen and oxygen atoms in total. The van der Waals surface area contributed by atoms with Crippen molar-refractivity contribution < 1.29 is 29.3 Å². The van der Waals surface area contributed by atoms with Gasteiger partial charge in [0.15, 0.2) is 11.7 Å². The van der Waals surface area contributed by atoms with Gasteiger partial charge in [-0.05, 0) is 64.5 Å². The summed E-state index contributed by atoms with van der Waals surface area (Å²) in [5.41, 5.74) is -1.97. The molecule has 36 heavy (non-hydrogen) atoms. The minimum absolute atomic E-state index is 0.0168. The lowest BCUT2D eigenvalue weighted by Crippen LogP contribution is -2.54. The lowest BCUT2D eigenvalue weighted by atomic mass is 9.75. The number of ketones is 1. The Bertz CT molecular complexity index is 1020. The van der Waals surface area contributed by atoms with Gasteiger partial charge in [-0.3, -0.25) is 9.59 Å². The van der Waals surface area contributed by atoms with E-state index in [2.05, 4.69) is 11.9 Å². The summed E-state index contributed by atoms with van der Waals surface area (Å²) in [5.74, 6) is -2.02. The van der Waals surface area contributed by atoms with Gasteiger partial charge in [0, 0.05) is 23.1 Å². The number of epoxide rings is 1. The quantitative estimate of drug-likeness (QED) is 0.406. The molecule has 0 bridgehead atoms. The summed E-state index contributed by atoms with van der Waals surface area (Å²) in [6, 6.07) is 0. The number of carbonyl (C=O) groups excluding carboxylic acids is 2. The van der Waals surface area contributed by atoms with Gasteiger partial charge in [0.2, 0.25) is 5.79 Å². The zero-order valence-corrected chi connectivity index (χ0v) is 23.8. The highest BCUT2D eigenvalue weighted by Gasteiger charge is 2.73. The Kier molecular flexibility index (Phi) is 8.26. The van der Waals surface area contributed by atoms with Gasteiger partial charge in [-0.1, -0.05) is 40.5 Å². The van der Waals surface area contributed by atoms with E-state index >= 15 is 0 Å². The molecule has 0 spiro atoms. The fourth-order valence-corrected chi connectivity index (χ4v) is 6.11. The van der Waals surface area contributed by atoms with Crippen molar-refractivity contribution in [3.8, 4) is 0 Å². The predicted molar refractivity (Wildman–Crippen MR) is 140 cm³/mol. The number of thiazole rings is 1. The van der Waals surface area contributed by atoms with Gasteiger partial charge < -0.3 is 19.7 Å². The molecule has 0 amide bonds. The molecule has 6 atom stereocenters. The molecule has 2 saturated heterocycles. The third-order valence-corrected chi connectivity index (χ3v) is 9.07. The smallest absolute Gasteiger partial charge is 0.306 e. The van der Waals surface area contributed by atoms with E-state index in [0.29, 0.717) is 30.0 Å². The zero-order valence-electron chi connectivity index (χ0n) is 23.0. The third-order valence-electron chi connectivity index (χ3n) is 8.27. The fraction of sp³-hybridized carbons (Fsp3) is 0.750. The number of carbonyl (C=O) groups is 2. The van der Waals surface area contributed by atoms with Gasteiger partial charge in [-0.25, -0.2) is 4.98 Å². The molecule has 0 radical (unpaired) electrons. The van der Waals surface area contributed by atoms with Crippen molar-refractivity contribution in [2.24, 2.45) is 17.3 Å². The molecule has 8 heteroatoms. The number of fused-ring (bicyclic) bond motifs is 1. The second-order valence-electron chi connectivity index (χ2n) is 12.0. The Hall–Kier alpha value is -1.61. The number of hydrogen-bond acceptors (Lipinski definition) is 8. The Morgan fingerprint density at radius 1 is 1.19 bits per heavy atom. The van der Waals surface area contributed by atoms with E-state index in [1.807, 2.05) is 33.1 Å². The molecule has 3 heterocycles. The van der Waals surface area contributed by atoms with E-state index in [9.17, 15) is 19.8 Å². The normalized spacial score (nSPS) is 38.8. The van der Waals surface area contributed by atoms with Gasteiger partial charge >= 0.3 is 5.97 Å². The van der Waals surface area contributed by atoms with Crippen LogP contribution in [0.25, 0.3) is 6.08 Å². The number of ether oxygens (including phenoxy) is 2. The van der Waals surface area contributed by atoms with Crippen LogP contribution in [0.15, 0.2) is 11.0 Å².